The Morgan fingerprint density at radius 3 is 2.45 bits per heavy atom. The summed E-state index contributed by atoms with van der Waals surface area (Å²) in [5, 5.41) is 1.12. The molecule has 1 aliphatic heterocycles. The number of aromatic nitrogens is 2. The molecule has 0 radical (unpaired) electrons. The van der Waals surface area contributed by atoms with Crippen LogP contribution in [0.25, 0.3) is 10.9 Å². The highest BCUT2D eigenvalue weighted by atomic mass is 32.2. The number of hydrogen-bond donors (Lipinski definition) is 0. The van der Waals surface area contributed by atoms with Crippen LogP contribution in [-0.4, -0.2) is 69.9 Å². The molecular formula is C20H26N4O4S. The summed E-state index contributed by atoms with van der Waals surface area (Å²) in [5.41, 5.74) is 0.538. The largest absolute Gasteiger partial charge is 0.450 e. The van der Waals surface area contributed by atoms with Crippen molar-refractivity contribution >= 4 is 34.7 Å². The maximum atomic E-state index is 12.9. The maximum absolute atomic E-state index is 12.9. The lowest BCUT2D eigenvalue weighted by Crippen LogP contribution is -2.51. The summed E-state index contributed by atoms with van der Waals surface area (Å²) in [6, 6.07) is 7.18. The molecule has 0 unspecified atom stereocenters. The molecule has 29 heavy (non-hydrogen) atoms. The van der Waals surface area contributed by atoms with E-state index in [0.29, 0.717) is 48.8 Å². The molecule has 2 amide bonds. The summed E-state index contributed by atoms with van der Waals surface area (Å²) in [6.45, 7) is 7.83. The van der Waals surface area contributed by atoms with Gasteiger partial charge in [0.15, 0.2) is 5.16 Å². The molecule has 1 fully saturated rings. The minimum Gasteiger partial charge on any atom is -0.450 e. The van der Waals surface area contributed by atoms with E-state index in [0.717, 1.165) is 0 Å². The van der Waals surface area contributed by atoms with E-state index in [-0.39, 0.29) is 29.4 Å². The Morgan fingerprint density at radius 2 is 1.79 bits per heavy atom. The Morgan fingerprint density at radius 1 is 1.14 bits per heavy atom. The number of ether oxygens (including phenoxy) is 1. The molecule has 1 aliphatic rings. The van der Waals surface area contributed by atoms with Crippen LogP contribution in [0.5, 0.6) is 0 Å². The first-order chi connectivity index (χ1) is 13.9. The molecule has 9 heteroatoms. The maximum Gasteiger partial charge on any atom is 0.409 e. The van der Waals surface area contributed by atoms with Crippen molar-refractivity contribution in [1.82, 2.24) is 19.4 Å². The Bertz CT molecular complexity index is 951. The van der Waals surface area contributed by atoms with Crippen molar-refractivity contribution in [1.29, 1.82) is 0 Å². The molecule has 0 aliphatic carbocycles. The highest BCUT2D eigenvalue weighted by Gasteiger charge is 2.25. The van der Waals surface area contributed by atoms with Crippen molar-refractivity contribution in [2.75, 3.05) is 38.5 Å². The number of para-hydroxylation sites is 1. The van der Waals surface area contributed by atoms with Gasteiger partial charge in [-0.15, -0.1) is 0 Å². The van der Waals surface area contributed by atoms with Crippen molar-refractivity contribution < 1.29 is 14.3 Å². The van der Waals surface area contributed by atoms with E-state index in [2.05, 4.69) is 4.98 Å². The van der Waals surface area contributed by atoms with Gasteiger partial charge in [-0.25, -0.2) is 9.78 Å². The van der Waals surface area contributed by atoms with E-state index in [1.807, 2.05) is 32.0 Å². The monoisotopic (exact) mass is 418 g/mol. The van der Waals surface area contributed by atoms with Gasteiger partial charge in [0.1, 0.15) is 0 Å². The third-order valence-corrected chi connectivity index (χ3v) is 5.71. The number of amides is 2. The summed E-state index contributed by atoms with van der Waals surface area (Å²) < 4.78 is 6.64. The van der Waals surface area contributed by atoms with Gasteiger partial charge in [-0.2, -0.15) is 0 Å². The summed E-state index contributed by atoms with van der Waals surface area (Å²) >= 11 is 1.28. The van der Waals surface area contributed by atoms with Gasteiger partial charge in [0.05, 0.1) is 23.3 Å². The Hall–Kier alpha value is -2.55. The van der Waals surface area contributed by atoms with Crippen molar-refractivity contribution in [2.24, 2.45) is 0 Å². The van der Waals surface area contributed by atoms with Crippen LogP contribution in [-0.2, 0) is 9.53 Å². The van der Waals surface area contributed by atoms with E-state index >= 15 is 0 Å². The first kappa shape index (κ1) is 21.2. The van der Waals surface area contributed by atoms with Gasteiger partial charge in [-0.3, -0.25) is 14.2 Å². The minimum absolute atomic E-state index is 0.0313. The standard InChI is InChI=1S/C20H26N4O4S/c1-4-28-20(27)23-11-9-22(10-12-23)17(25)13-29-19-21-16-8-6-5-7-15(16)18(26)24(19)14(2)3/h5-8,14H,4,9-13H2,1-3H3. The molecule has 0 spiro atoms. The van der Waals surface area contributed by atoms with Gasteiger partial charge in [0, 0.05) is 32.2 Å². The van der Waals surface area contributed by atoms with Gasteiger partial charge in [-0.05, 0) is 32.9 Å². The highest BCUT2D eigenvalue weighted by Crippen LogP contribution is 2.21. The smallest absolute Gasteiger partial charge is 0.409 e. The number of benzene rings is 1. The van der Waals surface area contributed by atoms with Crippen LogP contribution < -0.4 is 5.56 Å². The molecule has 2 heterocycles. The third-order valence-electron chi connectivity index (χ3n) is 4.77. The number of piperazine rings is 1. The fraction of sp³-hybridized carbons (Fsp3) is 0.500. The summed E-state index contributed by atoms with van der Waals surface area (Å²) in [7, 11) is 0. The lowest BCUT2D eigenvalue weighted by Gasteiger charge is -2.34. The average molecular weight is 419 g/mol. The van der Waals surface area contributed by atoms with Crippen LogP contribution >= 0.6 is 11.8 Å². The molecule has 0 N–H and O–H groups in total. The summed E-state index contributed by atoms with van der Waals surface area (Å²) in [6.07, 6.45) is -0.338. The zero-order chi connectivity index (χ0) is 21.0. The SMILES string of the molecule is CCOC(=O)N1CCN(C(=O)CSc2nc3ccccc3c(=O)n2C(C)C)CC1. The predicted octanol–water partition coefficient (Wildman–Crippen LogP) is 2.37. The van der Waals surface area contributed by atoms with Crippen LogP contribution in [0.15, 0.2) is 34.2 Å². The van der Waals surface area contributed by atoms with Gasteiger partial charge >= 0.3 is 6.09 Å². The molecule has 1 aromatic heterocycles. The quantitative estimate of drug-likeness (QED) is 0.547. The molecule has 156 valence electrons. The first-order valence-corrected chi connectivity index (χ1v) is 10.7. The summed E-state index contributed by atoms with van der Waals surface area (Å²) in [4.78, 5) is 45.3. The van der Waals surface area contributed by atoms with Crippen molar-refractivity contribution in [3.05, 3.63) is 34.6 Å². The molecule has 0 atom stereocenters. The minimum atomic E-state index is -0.338. The number of fused-ring (bicyclic) bond motifs is 1. The number of carbonyl (C=O) groups excluding carboxylic acids is 2. The fourth-order valence-electron chi connectivity index (χ4n) is 3.25. The normalized spacial score (nSPS) is 14.5. The molecule has 1 aromatic carbocycles. The third kappa shape index (κ3) is 4.72. The number of rotatable bonds is 5. The number of thioether (sulfide) groups is 1. The number of carbonyl (C=O) groups is 2. The second-order valence-electron chi connectivity index (χ2n) is 7.04. The molecule has 0 bridgehead atoms. The van der Waals surface area contributed by atoms with E-state index in [1.54, 1.807) is 27.4 Å². The highest BCUT2D eigenvalue weighted by molar-refractivity contribution is 7.99. The topological polar surface area (TPSA) is 84.7 Å². The van der Waals surface area contributed by atoms with Crippen LogP contribution in [0.3, 0.4) is 0 Å². The molecule has 3 rings (SSSR count). The molecular weight excluding hydrogens is 392 g/mol. The predicted molar refractivity (Wildman–Crippen MR) is 112 cm³/mol. The van der Waals surface area contributed by atoms with E-state index in [9.17, 15) is 14.4 Å². The van der Waals surface area contributed by atoms with Gasteiger partial charge in [0.25, 0.3) is 5.56 Å². The first-order valence-electron chi connectivity index (χ1n) is 9.76. The van der Waals surface area contributed by atoms with E-state index in [1.165, 1.54) is 11.8 Å². The Balaban J connectivity index is 1.68. The van der Waals surface area contributed by atoms with E-state index in [4.69, 9.17) is 4.74 Å². The zero-order valence-electron chi connectivity index (χ0n) is 17.0. The van der Waals surface area contributed by atoms with Crippen molar-refractivity contribution in [3.63, 3.8) is 0 Å². The van der Waals surface area contributed by atoms with E-state index < -0.39 is 0 Å². The molecule has 0 saturated carbocycles. The van der Waals surface area contributed by atoms with Gasteiger partial charge in [0.2, 0.25) is 5.91 Å². The Labute approximate surface area is 173 Å². The lowest BCUT2D eigenvalue weighted by molar-refractivity contribution is -0.129. The number of hydrogen-bond acceptors (Lipinski definition) is 6. The van der Waals surface area contributed by atoms with Crippen LogP contribution in [0, 0.1) is 0 Å². The van der Waals surface area contributed by atoms with Crippen LogP contribution in [0.2, 0.25) is 0 Å². The average Bonchev–Trinajstić information content (AvgIpc) is 2.72. The lowest BCUT2D eigenvalue weighted by atomic mass is 10.2. The Kier molecular flexibility index (Phi) is 6.79. The van der Waals surface area contributed by atoms with Gasteiger partial charge in [-0.1, -0.05) is 23.9 Å². The van der Waals surface area contributed by atoms with Crippen LogP contribution in [0.4, 0.5) is 4.79 Å². The van der Waals surface area contributed by atoms with Gasteiger partial charge < -0.3 is 14.5 Å². The second-order valence-corrected chi connectivity index (χ2v) is 7.98. The zero-order valence-corrected chi connectivity index (χ0v) is 17.8. The number of nitrogens with zero attached hydrogens (tertiary/aromatic N) is 4. The van der Waals surface area contributed by atoms with Crippen molar-refractivity contribution in [3.8, 4) is 0 Å². The van der Waals surface area contributed by atoms with Crippen molar-refractivity contribution in [2.45, 2.75) is 32.0 Å². The molecule has 2 aromatic rings. The second kappa shape index (κ2) is 9.30. The fourth-order valence-corrected chi connectivity index (χ4v) is 4.28. The molecule has 1 saturated heterocycles. The summed E-state index contributed by atoms with van der Waals surface area (Å²) in [5.74, 6) is 0.160. The molecule has 8 nitrogen and oxygen atoms in total. The van der Waals surface area contributed by atoms with Crippen LogP contribution in [0.1, 0.15) is 26.8 Å².